The van der Waals surface area contributed by atoms with Crippen molar-refractivity contribution >= 4 is 17.5 Å². The van der Waals surface area contributed by atoms with Gasteiger partial charge in [0.2, 0.25) is 0 Å². The summed E-state index contributed by atoms with van der Waals surface area (Å²) in [6.07, 6.45) is -4.81. The van der Waals surface area contributed by atoms with E-state index >= 15 is 0 Å². The van der Waals surface area contributed by atoms with Gasteiger partial charge in [0.15, 0.2) is 0 Å². The summed E-state index contributed by atoms with van der Waals surface area (Å²) in [5.74, 6) is 0. The van der Waals surface area contributed by atoms with E-state index in [0.717, 1.165) is 29.5 Å². The molecule has 132 valence electrons. The fraction of sp³-hybridized carbons (Fsp3) is 0.500. The Kier molecular flexibility index (Phi) is 5.15. The minimum Gasteiger partial charge on any atom is -0.465 e. The number of likely N-dealkylation sites (tertiary alicyclic amines) is 1. The van der Waals surface area contributed by atoms with Crippen LogP contribution in [-0.4, -0.2) is 33.7 Å². The Morgan fingerprint density at radius 2 is 2.04 bits per heavy atom. The maximum Gasteiger partial charge on any atom is 0.418 e. The molecule has 10 heteroatoms. The molecule has 1 aromatic rings. The molecule has 1 atom stereocenters. The number of anilines is 1. The van der Waals surface area contributed by atoms with E-state index in [4.69, 9.17) is 0 Å². The zero-order valence-electron chi connectivity index (χ0n) is 12.5. The summed E-state index contributed by atoms with van der Waals surface area (Å²) in [6, 6.07) is 2.64. The van der Waals surface area contributed by atoms with Crippen molar-refractivity contribution in [2.45, 2.75) is 38.0 Å². The smallest absolute Gasteiger partial charge is 0.418 e. The predicted octanol–water partition coefficient (Wildman–Crippen LogP) is 3.91. The monoisotopic (exact) mass is 347 g/mol. The average Bonchev–Trinajstić information content (AvgIpc) is 2.71. The number of rotatable bonds is 3. The van der Waals surface area contributed by atoms with E-state index in [-0.39, 0.29) is 13.0 Å². The first-order valence-electron chi connectivity index (χ1n) is 7.32. The second-order valence-corrected chi connectivity index (χ2v) is 5.44. The Morgan fingerprint density at radius 3 is 2.62 bits per heavy atom. The molecule has 1 saturated heterocycles. The second kappa shape index (κ2) is 6.93. The fourth-order valence-electron chi connectivity index (χ4n) is 2.73. The Balaban J connectivity index is 2.46. The number of hydrogen-bond donors (Lipinski definition) is 2. The lowest BCUT2D eigenvalue weighted by molar-refractivity contribution is -0.384. The van der Waals surface area contributed by atoms with Crippen LogP contribution in [-0.2, 0) is 6.18 Å². The quantitative estimate of drug-likeness (QED) is 0.638. The molecule has 0 bridgehead atoms. The number of halogens is 3. The number of nitrogens with zero attached hydrogens (tertiary/aromatic N) is 2. The molecule has 1 aromatic carbocycles. The molecular formula is C14H16F3N3O4. The summed E-state index contributed by atoms with van der Waals surface area (Å²) in [7, 11) is 0. The van der Waals surface area contributed by atoms with E-state index in [1.807, 2.05) is 0 Å². The van der Waals surface area contributed by atoms with Crippen LogP contribution in [0.4, 0.5) is 29.3 Å². The van der Waals surface area contributed by atoms with Gasteiger partial charge < -0.3 is 10.4 Å². The summed E-state index contributed by atoms with van der Waals surface area (Å²) in [5, 5.41) is 22.8. The Morgan fingerprint density at radius 1 is 1.33 bits per heavy atom. The number of hydrogen-bond acceptors (Lipinski definition) is 4. The van der Waals surface area contributed by atoms with Gasteiger partial charge in [-0.2, -0.15) is 13.2 Å². The van der Waals surface area contributed by atoms with E-state index in [1.54, 1.807) is 0 Å². The molecule has 0 aliphatic carbocycles. The first kappa shape index (κ1) is 17.8. The van der Waals surface area contributed by atoms with Gasteiger partial charge in [-0.15, -0.1) is 0 Å². The molecule has 0 aromatic heterocycles. The van der Waals surface area contributed by atoms with Crippen LogP contribution in [0.1, 0.15) is 31.2 Å². The lowest BCUT2D eigenvalue weighted by atomic mass is 10.1. The van der Waals surface area contributed by atoms with Gasteiger partial charge in [0.25, 0.3) is 5.69 Å². The minimum atomic E-state index is -4.80. The molecule has 1 unspecified atom stereocenters. The highest BCUT2D eigenvalue weighted by molar-refractivity contribution is 5.70. The number of nitro groups is 1. The third-order valence-corrected chi connectivity index (χ3v) is 3.85. The highest BCUT2D eigenvalue weighted by Crippen LogP contribution is 2.40. The maximum atomic E-state index is 13.2. The maximum absolute atomic E-state index is 13.2. The van der Waals surface area contributed by atoms with Crippen molar-refractivity contribution in [2.75, 3.05) is 11.9 Å². The van der Waals surface area contributed by atoms with Crippen molar-refractivity contribution in [3.05, 3.63) is 33.9 Å². The van der Waals surface area contributed by atoms with Crippen molar-refractivity contribution in [1.29, 1.82) is 0 Å². The number of amides is 1. The lowest BCUT2D eigenvalue weighted by Gasteiger charge is -2.29. The van der Waals surface area contributed by atoms with Crippen LogP contribution in [0.5, 0.6) is 0 Å². The largest absolute Gasteiger partial charge is 0.465 e. The van der Waals surface area contributed by atoms with E-state index in [1.165, 1.54) is 0 Å². The molecule has 1 heterocycles. The molecule has 1 aliphatic heterocycles. The predicted molar refractivity (Wildman–Crippen MR) is 78.7 cm³/mol. The van der Waals surface area contributed by atoms with Gasteiger partial charge in [-0.1, -0.05) is 12.5 Å². The van der Waals surface area contributed by atoms with Crippen LogP contribution >= 0.6 is 0 Å². The first-order chi connectivity index (χ1) is 11.2. The van der Waals surface area contributed by atoms with Crippen molar-refractivity contribution in [1.82, 2.24) is 4.90 Å². The Bertz CT molecular complexity index is 636. The van der Waals surface area contributed by atoms with Crippen molar-refractivity contribution in [2.24, 2.45) is 0 Å². The zero-order valence-corrected chi connectivity index (χ0v) is 12.5. The molecule has 0 saturated carbocycles. The van der Waals surface area contributed by atoms with Gasteiger partial charge in [-0.3, -0.25) is 15.0 Å². The lowest BCUT2D eigenvalue weighted by Crippen LogP contribution is -2.44. The summed E-state index contributed by atoms with van der Waals surface area (Å²) in [4.78, 5) is 22.5. The third-order valence-electron chi connectivity index (χ3n) is 3.85. The molecule has 2 rings (SSSR count). The molecule has 24 heavy (non-hydrogen) atoms. The third kappa shape index (κ3) is 3.87. The number of carboxylic acid groups (broad SMARTS) is 1. The first-order valence-corrected chi connectivity index (χ1v) is 7.32. The van der Waals surface area contributed by atoms with Crippen molar-refractivity contribution in [3.8, 4) is 0 Å². The number of para-hydroxylation sites is 1. The van der Waals surface area contributed by atoms with E-state index in [2.05, 4.69) is 5.32 Å². The molecule has 1 fully saturated rings. The highest BCUT2D eigenvalue weighted by Gasteiger charge is 2.38. The van der Waals surface area contributed by atoms with Crippen LogP contribution < -0.4 is 5.32 Å². The van der Waals surface area contributed by atoms with Crippen LogP contribution in [0.3, 0.4) is 0 Å². The summed E-state index contributed by atoms with van der Waals surface area (Å²) in [5.41, 5.74) is -2.63. The van der Waals surface area contributed by atoms with Crippen LogP contribution in [0, 0.1) is 10.1 Å². The number of carbonyl (C=O) groups is 1. The molecular weight excluding hydrogens is 331 g/mol. The summed E-state index contributed by atoms with van der Waals surface area (Å²) >= 11 is 0. The number of benzene rings is 1. The molecule has 1 amide bonds. The topological polar surface area (TPSA) is 95.7 Å². The fourth-order valence-corrected chi connectivity index (χ4v) is 2.73. The molecule has 0 spiro atoms. The zero-order chi connectivity index (χ0) is 17.9. The Labute approximate surface area is 135 Å². The van der Waals surface area contributed by atoms with Gasteiger partial charge in [0, 0.05) is 12.6 Å². The van der Waals surface area contributed by atoms with Gasteiger partial charge >= 0.3 is 12.3 Å². The summed E-state index contributed by atoms with van der Waals surface area (Å²) < 4.78 is 39.6. The molecule has 0 radical (unpaired) electrons. The highest BCUT2D eigenvalue weighted by atomic mass is 19.4. The molecule has 1 aliphatic rings. The molecule has 7 nitrogen and oxygen atoms in total. The van der Waals surface area contributed by atoms with E-state index in [9.17, 15) is 33.2 Å². The second-order valence-electron chi connectivity index (χ2n) is 5.44. The number of nitro benzene ring substituents is 1. The SMILES string of the molecule is O=C(O)N1CCCCCC1Nc1c([N+](=O)[O-])cccc1C(F)(F)F. The van der Waals surface area contributed by atoms with E-state index < -0.39 is 40.3 Å². The van der Waals surface area contributed by atoms with Gasteiger partial charge in [0.1, 0.15) is 11.9 Å². The van der Waals surface area contributed by atoms with E-state index in [0.29, 0.717) is 12.8 Å². The number of alkyl halides is 3. The van der Waals surface area contributed by atoms with Gasteiger partial charge in [0.05, 0.1) is 10.5 Å². The van der Waals surface area contributed by atoms with Crippen LogP contribution in [0.25, 0.3) is 0 Å². The minimum absolute atomic E-state index is 0.162. The van der Waals surface area contributed by atoms with Crippen LogP contribution in [0.15, 0.2) is 18.2 Å². The standard InChI is InChI=1S/C14H16F3N3O4/c15-14(16,17)9-5-4-6-10(20(23)24)12(9)18-11-7-2-1-3-8-19(11)13(21)22/h4-6,11,18H,1-3,7-8H2,(H,21,22). The normalized spacial score (nSPS) is 18.8. The van der Waals surface area contributed by atoms with Crippen molar-refractivity contribution < 1.29 is 28.0 Å². The van der Waals surface area contributed by atoms with Crippen molar-refractivity contribution in [3.63, 3.8) is 0 Å². The Hall–Kier alpha value is -2.52. The average molecular weight is 347 g/mol. The van der Waals surface area contributed by atoms with Crippen LogP contribution in [0.2, 0.25) is 0 Å². The van der Waals surface area contributed by atoms with Gasteiger partial charge in [-0.05, 0) is 25.3 Å². The number of nitrogens with one attached hydrogen (secondary N) is 1. The van der Waals surface area contributed by atoms with Gasteiger partial charge in [-0.25, -0.2) is 4.79 Å². The summed E-state index contributed by atoms with van der Waals surface area (Å²) in [6.45, 7) is 0.162. The molecule has 2 N–H and O–H groups in total.